The first kappa shape index (κ1) is 18.9. The normalized spacial score (nSPS) is 11.1. The van der Waals surface area contributed by atoms with E-state index in [4.69, 9.17) is 11.6 Å². The fourth-order valence-corrected chi connectivity index (χ4v) is 3.50. The molecule has 0 fully saturated rings. The molecule has 4 rings (SSSR count). The molecule has 0 unspecified atom stereocenters. The summed E-state index contributed by atoms with van der Waals surface area (Å²) in [4.78, 5) is 41.6. The van der Waals surface area contributed by atoms with Crippen molar-refractivity contribution in [2.45, 2.75) is 6.54 Å². The molecule has 0 saturated heterocycles. The molecule has 0 atom stereocenters. The summed E-state index contributed by atoms with van der Waals surface area (Å²) in [5, 5.41) is -0.0208. The number of benzene rings is 2. The summed E-state index contributed by atoms with van der Waals surface area (Å²) in [5.74, 6) is -0.221. The number of hydrogen-bond acceptors (Lipinski definition) is 4. The molecular weight excluding hydrogens is 392 g/mol. The van der Waals surface area contributed by atoms with Gasteiger partial charge in [0.1, 0.15) is 0 Å². The van der Waals surface area contributed by atoms with Gasteiger partial charge in [-0.25, -0.2) is 4.79 Å². The zero-order valence-electron chi connectivity index (χ0n) is 15.8. The van der Waals surface area contributed by atoms with Crippen LogP contribution in [0.2, 0.25) is 5.28 Å². The Bertz CT molecular complexity index is 1350. The molecule has 0 amide bonds. The van der Waals surface area contributed by atoms with Crippen LogP contribution in [0.1, 0.15) is 10.4 Å². The second-order valence-corrected chi connectivity index (χ2v) is 7.05. The first-order valence-electron chi connectivity index (χ1n) is 8.89. The number of hydrogen-bond donors (Lipinski definition) is 0. The molecule has 0 radical (unpaired) electrons. The van der Waals surface area contributed by atoms with Gasteiger partial charge in [-0.15, -0.1) is 0 Å². The smallest absolute Gasteiger partial charge is 0.301 e. The van der Waals surface area contributed by atoms with Gasteiger partial charge in [-0.1, -0.05) is 54.6 Å². The Morgan fingerprint density at radius 1 is 0.931 bits per heavy atom. The Morgan fingerprint density at radius 2 is 1.55 bits per heavy atom. The fourth-order valence-electron chi connectivity index (χ4n) is 3.28. The highest BCUT2D eigenvalue weighted by atomic mass is 35.5. The Balaban J connectivity index is 1.71. The molecule has 0 saturated carbocycles. The maximum Gasteiger partial charge on any atom is 0.332 e. The van der Waals surface area contributed by atoms with E-state index in [2.05, 4.69) is 4.98 Å². The van der Waals surface area contributed by atoms with Gasteiger partial charge in [-0.05, 0) is 22.7 Å². The molecule has 4 aromatic rings. The third kappa shape index (κ3) is 3.19. The largest absolute Gasteiger partial charge is 0.332 e. The lowest BCUT2D eigenvalue weighted by molar-refractivity contribution is 0.0973. The number of rotatable bonds is 4. The molecule has 2 aromatic carbocycles. The molecule has 2 aromatic heterocycles. The summed E-state index contributed by atoms with van der Waals surface area (Å²) in [6.07, 6.45) is 0. The minimum absolute atomic E-state index is 0.0208. The second kappa shape index (κ2) is 7.18. The van der Waals surface area contributed by atoms with E-state index in [1.165, 1.54) is 23.2 Å². The number of Topliss-reactive ketones (excluding diaryl/α,β-unsaturated/α-hetero) is 1. The number of aryl methyl sites for hydroxylation is 1. The number of aromatic nitrogens is 4. The Morgan fingerprint density at radius 3 is 2.21 bits per heavy atom. The van der Waals surface area contributed by atoms with Gasteiger partial charge < -0.3 is 4.57 Å². The standard InChI is InChI=1S/C21H17ClN4O3/c1-24-18-17(19(28)25(2)21(24)29)26(20(22)23-18)12-16(27)15-10-8-14(9-11-15)13-6-4-3-5-7-13/h3-11H,12H2,1-2H3. The maximum atomic E-state index is 12.8. The number of nitrogens with zero attached hydrogens (tertiary/aromatic N) is 4. The Labute approximate surface area is 170 Å². The molecule has 0 bridgehead atoms. The molecule has 29 heavy (non-hydrogen) atoms. The zero-order valence-corrected chi connectivity index (χ0v) is 16.6. The first-order chi connectivity index (χ1) is 13.9. The lowest BCUT2D eigenvalue weighted by Crippen LogP contribution is -2.37. The summed E-state index contributed by atoms with van der Waals surface area (Å²) in [5.41, 5.74) is 1.76. The maximum absolute atomic E-state index is 12.8. The van der Waals surface area contributed by atoms with E-state index in [-0.39, 0.29) is 28.8 Å². The van der Waals surface area contributed by atoms with Crippen LogP contribution >= 0.6 is 11.6 Å². The number of carbonyl (C=O) groups is 1. The van der Waals surface area contributed by atoms with Gasteiger partial charge in [0.2, 0.25) is 5.28 Å². The summed E-state index contributed by atoms with van der Waals surface area (Å²) < 4.78 is 3.54. The number of carbonyl (C=O) groups excluding carboxylic acids is 1. The quantitative estimate of drug-likeness (QED) is 0.384. The summed E-state index contributed by atoms with van der Waals surface area (Å²) in [7, 11) is 2.88. The Hall–Kier alpha value is -3.45. The van der Waals surface area contributed by atoms with Crippen molar-refractivity contribution < 1.29 is 4.79 Å². The lowest BCUT2D eigenvalue weighted by atomic mass is 10.0. The highest BCUT2D eigenvalue weighted by molar-refractivity contribution is 6.29. The Kier molecular flexibility index (Phi) is 4.68. The molecular formula is C21H17ClN4O3. The van der Waals surface area contributed by atoms with Crippen molar-refractivity contribution in [3.63, 3.8) is 0 Å². The third-order valence-electron chi connectivity index (χ3n) is 4.92. The average molecular weight is 409 g/mol. The van der Waals surface area contributed by atoms with E-state index in [0.717, 1.165) is 15.7 Å². The van der Waals surface area contributed by atoms with Crippen molar-refractivity contribution in [2.75, 3.05) is 0 Å². The van der Waals surface area contributed by atoms with Gasteiger partial charge in [-0.3, -0.25) is 18.7 Å². The van der Waals surface area contributed by atoms with E-state index in [9.17, 15) is 14.4 Å². The van der Waals surface area contributed by atoms with Crippen molar-refractivity contribution in [2.24, 2.45) is 14.1 Å². The molecule has 8 heteroatoms. The van der Waals surface area contributed by atoms with Crippen LogP contribution in [0.15, 0.2) is 64.2 Å². The van der Waals surface area contributed by atoms with Gasteiger partial charge in [-0.2, -0.15) is 4.98 Å². The van der Waals surface area contributed by atoms with Crippen molar-refractivity contribution >= 4 is 28.5 Å². The van der Waals surface area contributed by atoms with E-state index in [1.54, 1.807) is 12.1 Å². The van der Waals surface area contributed by atoms with E-state index < -0.39 is 11.2 Å². The number of ketones is 1. The first-order valence-corrected chi connectivity index (χ1v) is 9.26. The molecule has 0 N–H and O–H groups in total. The molecule has 7 nitrogen and oxygen atoms in total. The van der Waals surface area contributed by atoms with Crippen molar-refractivity contribution in [3.8, 4) is 11.1 Å². The van der Waals surface area contributed by atoms with Crippen LogP contribution in [-0.4, -0.2) is 24.5 Å². The fraction of sp³-hybridized carbons (Fsp3) is 0.143. The minimum Gasteiger partial charge on any atom is -0.301 e. The van der Waals surface area contributed by atoms with E-state index in [1.807, 2.05) is 42.5 Å². The summed E-state index contributed by atoms with van der Waals surface area (Å²) in [6, 6.07) is 17.1. The minimum atomic E-state index is -0.547. The topological polar surface area (TPSA) is 78.9 Å². The molecule has 0 aliphatic heterocycles. The lowest BCUT2D eigenvalue weighted by Gasteiger charge is -2.08. The third-order valence-corrected chi connectivity index (χ3v) is 5.21. The monoisotopic (exact) mass is 408 g/mol. The predicted molar refractivity (Wildman–Crippen MR) is 111 cm³/mol. The number of halogens is 1. The van der Waals surface area contributed by atoms with Crippen molar-refractivity contribution in [1.82, 2.24) is 18.7 Å². The van der Waals surface area contributed by atoms with Crippen molar-refractivity contribution in [3.05, 3.63) is 86.3 Å². The van der Waals surface area contributed by atoms with Gasteiger partial charge in [0.25, 0.3) is 5.56 Å². The van der Waals surface area contributed by atoms with Crippen LogP contribution in [-0.2, 0) is 20.6 Å². The van der Waals surface area contributed by atoms with Crippen LogP contribution in [0.3, 0.4) is 0 Å². The van der Waals surface area contributed by atoms with Crippen LogP contribution in [0.25, 0.3) is 22.3 Å². The van der Waals surface area contributed by atoms with Gasteiger partial charge in [0, 0.05) is 19.7 Å². The molecule has 0 aliphatic rings. The van der Waals surface area contributed by atoms with E-state index >= 15 is 0 Å². The predicted octanol–water partition coefficient (Wildman–Crippen LogP) is 2.64. The molecule has 0 aliphatic carbocycles. The van der Waals surface area contributed by atoms with Crippen LogP contribution < -0.4 is 11.2 Å². The van der Waals surface area contributed by atoms with Crippen LogP contribution in [0.4, 0.5) is 0 Å². The SMILES string of the molecule is Cn1c(=O)c2c(nc(Cl)n2CC(=O)c2ccc(-c3ccccc3)cc2)n(C)c1=O. The number of imidazole rings is 1. The van der Waals surface area contributed by atoms with Crippen LogP contribution in [0.5, 0.6) is 0 Å². The van der Waals surface area contributed by atoms with Crippen LogP contribution in [0, 0.1) is 0 Å². The number of fused-ring (bicyclic) bond motifs is 1. The molecule has 0 spiro atoms. The summed E-state index contributed by atoms with van der Waals surface area (Å²) in [6.45, 7) is -0.159. The molecule has 2 heterocycles. The zero-order chi connectivity index (χ0) is 20.7. The van der Waals surface area contributed by atoms with Gasteiger partial charge in [0.05, 0.1) is 6.54 Å². The highest BCUT2D eigenvalue weighted by Gasteiger charge is 2.20. The molecule has 146 valence electrons. The highest BCUT2D eigenvalue weighted by Crippen LogP contribution is 2.21. The van der Waals surface area contributed by atoms with E-state index in [0.29, 0.717) is 5.56 Å². The van der Waals surface area contributed by atoms with Gasteiger partial charge >= 0.3 is 5.69 Å². The van der Waals surface area contributed by atoms with Gasteiger partial charge in [0.15, 0.2) is 16.9 Å². The van der Waals surface area contributed by atoms with Crippen molar-refractivity contribution in [1.29, 1.82) is 0 Å². The second-order valence-electron chi connectivity index (χ2n) is 6.71. The summed E-state index contributed by atoms with van der Waals surface area (Å²) >= 11 is 6.19. The average Bonchev–Trinajstić information content (AvgIpc) is 3.07.